The van der Waals surface area contributed by atoms with E-state index in [1.54, 1.807) is 0 Å². The topological polar surface area (TPSA) is 39.1 Å². The third kappa shape index (κ3) is 3.08. The Morgan fingerprint density at radius 3 is 2.53 bits per heavy atom. The summed E-state index contributed by atoms with van der Waals surface area (Å²) in [7, 11) is 4.17. The second-order valence-electron chi connectivity index (χ2n) is 5.54. The standard InChI is InChI=1S/C16H23N3/c1-12-4-9-16(13(10-12)11-17)19(3)15-7-5-14(18-2)6-8-15/h4,9-10,14-15,18H,5-8H2,1-3H3. The summed E-state index contributed by atoms with van der Waals surface area (Å²) in [6, 6.07) is 9.69. The Kier molecular flexibility index (Phi) is 4.44. The molecule has 2 rings (SSSR count). The molecule has 1 fully saturated rings. The molecule has 0 aliphatic heterocycles. The molecule has 1 aliphatic carbocycles. The van der Waals surface area contributed by atoms with Crippen LogP contribution in [0.1, 0.15) is 36.8 Å². The van der Waals surface area contributed by atoms with E-state index in [1.165, 1.54) is 25.7 Å². The second kappa shape index (κ2) is 6.08. The minimum Gasteiger partial charge on any atom is -0.371 e. The molecule has 1 saturated carbocycles. The van der Waals surface area contributed by atoms with E-state index in [1.807, 2.05) is 20.0 Å². The normalized spacial score (nSPS) is 22.8. The van der Waals surface area contributed by atoms with Gasteiger partial charge in [0.25, 0.3) is 0 Å². The van der Waals surface area contributed by atoms with Gasteiger partial charge in [0.05, 0.1) is 11.3 Å². The van der Waals surface area contributed by atoms with Crippen LogP contribution in [0.25, 0.3) is 0 Å². The van der Waals surface area contributed by atoms with Crippen LogP contribution in [0, 0.1) is 18.3 Å². The Morgan fingerprint density at radius 1 is 1.26 bits per heavy atom. The van der Waals surface area contributed by atoms with Gasteiger partial charge in [-0.1, -0.05) is 6.07 Å². The molecule has 0 saturated heterocycles. The molecule has 1 N–H and O–H groups in total. The molecule has 1 aliphatic rings. The zero-order valence-electron chi connectivity index (χ0n) is 12.1. The first-order valence-corrected chi connectivity index (χ1v) is 7.06. The van der Waals surface area contributed by atoms with Gasteiger partial charge >= 0.3 is 0 Å². The van der Waals surface area contributed by atoms with Gasteiger partial charge in [0, 0.05) is 19.1 Å². The number of rotatable bonds is 3. The molecule has 0 spiro atoms. The third-order valence-corrected chi connectivity index (χ3v) is 4.31. The number of aryl methyl sites for hydroxylation is 1. The number of nitrogens with one attached hydrogen (secondary N) is 1. The summed E-state index contributed by atoms with van der Waals surface area (Å²) in [6.45, 7) is 2.03. The van der Waals surface area contributed by atoms with Crippen LogP contribution in [0.4, 0.5) is 5.69 Å². The van der Waals surface area contributed by atoms with Crippen LogP contribution in [0.5, 0.6) is 0 Å². The van der Waals surface area contributed by atoms with Crippen molar-refractivity contribution in [1.82, 2.24) is 5.32 Å². The summed E-state index contributed by atoms with van der Waals surface area (Å²) < 4.78 is 0. The Morgan fingerprint density at radius 2 is 1.95 bits per heavy atom. The van der Waals surface area contributed by atoms with Gasteiger partial charge in [-0.05, 0) is 57.4 Å². The highest BCUT2D eigenvalue weighted by atomic mass is 15.1. The molecule has 0 aromatic heterocycles. The maximum absolute atomic E-state index is 9.28. The van der Waals surface area contributed by atoms with Gasteiger partial charge < -0.3 is 10.2 Å². The van der Waals surface area contributed by atoms with Crippen molar-refractivity contribution in [2.75, 3.05) is 19.0 Å². The lowest BCUT2D eigenvalue weighted by molar-refractivity contribution is 0.351. The first-order chi connectivity index (χ1) is 9.15. The Bertz CT molecular complexity index is 467. The average molecular weight is 257 g/mol. The van der Waals surface area contributed by atoms with E-state index in [-0.39, 0.29) is 0 Å². The largest absolute Gasteiger partial charge is 0.371 e. The molecule has 0 bridgehead atoms. The fourth-order valence-electron chi connectivity index (χ4n) is 3.00. The summed E-state index contributed by atoms with van der Waals surface area (Å²) in [4.78, 5) is 2.30. The van der Waals surface area contributed by atoms with Gasteiger partial charge in [0.1, 0.15) is 6.07 Å². The highest BCUT2D eigenvalue weighted by Gasteiger charge is 2.24. The van der Waals surface area contributed by atoms with E-state index in [0.29, 0.717) is 12.1 Å². The molecular formula is C16H23N3. The zero-order valence-corrected chi connectivity index (χ0v) is 12.1. The maximum Gasteiger partial charge on any atom is 0.101 e. The van der Waals surface area contributed by atoms with Crippen molar-refractivity contribution >= 4 is 5.69 Å². The number of benzene rings is 1. The van der Waals surface area contributed by atoms with Crippen LogP contribution in [0.3, 0.4) is 0 Å². The molecule has 3 nitrogen and oxygen atoms in total. The van der Waals surface area contributed by atoms with E-state index in [9.17, 15) is 5.26 Å². The quantitative estimate of drug-likeness (QED) is 0.905. The molecule has 19 heavy (non-hydrogen) atoms. The van der Waals surface area contributed by atoms with E-state index in [0.717, 1.165) is 16.8 Å². The lowest BCUT2D eigenvalue weighted by atomic mass is 9.90. The van der Waals surface area contributed by atoms with Crippen LogP contribution in [-0.2, 0) is 0 Å². The van der Waals surface area contributed by atoms with E-state index < -0.39 is 0 Å². The SMILES string of the molecule is CNC1CCC(N(C)c2ccc(C)cc2C#N)CC1. The smallest absolute Gasteiger partial charge is 0.101 e. The number of hydrogen-bond acceptors (Lipinski definition) is 3. The van der Waals surface area contributed by atoms with Crippen molar-refractivity contribution < 1.29 is 0 Å². The van der Waals surface area contributed by atoms with E-state index in [4.69, 9.17) is 0 Å². The Balaban J connectivity index is 2.12. The fourth-order valence-corrected chi connectivity index (χ4v) is 3.00. The van der Waals surface area contributed by atoms with Crippen LogP contribution in [-0.4, -0.2) is 26.2 Å². The van der Waals surface area contributed by atoms with Crippen LogP contribution >= 0.6 is 0 Å². The number of hydrogen-bond donors (Lipinski definition) is 1. The summed E-state index contributed by atoms with van der Waals surface area (Å²) in [5, 5.41) is 12.6. The van der Waals surface area contributed by atoms with Gasteiger partial charge in [0.2, 0.25) is 0 Å². The van der Waals surface area contributed by atoms with Crippen molar-refractivity contribution in [2.45, 2.75) is 44.7 Å². The van der Waals surface area contributed by atoms with Gasteiger partial charge in [-0.15, -0.1) is 0 Å². The average Bonchev–Trinajstić information content (AvgIpc) is 2.46. The van der Waals surface area contributed by atoms with Crippen molar-refractivity contribution in [3.05, 3.63) is 29.3 Å². The third-order valence-electron chi connectivity index (χ3n) is 4.31. The highest BCUT2D eigenvalue weighted by Crippen LogP contribution is 2.28. The van der Waals surface area contributed by atoms with Crippen molar-refractivity contribution in [1.29, 1.82) is 5.26 Å². The first kappa shape index (κ1) is 13.9. The van der Waals surface area contributed by atoms with E-state index in [2.05, 4.69) is 35.5 Å². The molecular weight excluding hydrogens is 234 g/mol. The summed E-state index contributed by atoms with van der Waals surface area (Å²) in [6.07, 6.45) is 4.83. The molecule has 0 atom stereocenters. The lowest BCUT2D eigenvalue weighted by Crippen LogP contribution is -2.40. The second-order valence-corrected chi connectivity index (χ2v) is 5.54. The van der Waals surface area contributed by atoms with Crippen molar-refractivity contribution in [2.24, 2.45) is 0 Å². The molecule has 0 heterocycles. The monoisotopic (exact) mass is 257 g/mol. The first-order valence-electron chi connectivity index (χ1n) is 7.06. The van der Waals surface area contributed by atoms with Crippen LogP contribution in [0.15, 0.2) is 18.2 Å². The summed E-state index contributed by atoms with van der Waals surface area (Å²) >= 11 is 0. The minimum absolute atomic E-state index is 0.555. The van der Waals surface area contributed by atoms with E-state index >= 15 is 0 Å². The van der Waals surface area contributed by atoms with Crippen molar-refractivity contribution in [3.8, 4) is 6.07 Å². The summed E-state index contributed by atoms with van der Waals surface area (Å²) in [5.74, 6) is 0. The Hall–Kier alpha value is -1.53. The van der Waals surface area contributed by atoms with Gasteiger partial charge in [-0.25, -0.2) is 0 Å². The van der Waals surface area contributed by atoms with Crippen LogP contribution < -0.4 is 10.2 Å². The predicted molar refractivity (Wildman–Crippen MR) is 79.4 cm³/mol. The maximum atomic E-state index is 9.28. The molecule has 0 radical (unpaired) electrons. The lowest BCUT2D eigenvalue weighted by Gasteiger charge is -2.36. The number of nitrogens with zero attached hydrogens (tertiary/aromatic N) is 2. The van der Waals surface area contributed by atoms with Crippen LogP contribution in [0.2, 0.25) is 0 Å². The van der Waals surface area contributed by atoms with Gasteiger partial charge in [-0.3, -0.25) is 0 Å². The molecule has 1 aromatic carbocycles. The number of nitriles is 1. The minimum atomic E-state index is 0.555. The Labute approximate surface area is 116 Å². The molecule has 3 heteroatoms. The van der Waals surface area contributed by atoms with Gasteiger partial charge in [-0.2, -0.15) is 5.26 Å². The molecule has 0 amide bonds. The van der Waals surface area contributed by atoms with Gasteiger partial charge in [0.15, 0.2) is 0 Å². The summed E-state index contributed by atoms with van der Waals surface area (Å²) in [5.41, 5.74) is 3.01. The number of anilines is 1. The molecule has 1 aromatic rings. The molecule has 0 unspecified atom stereocenters. The van der Waals surface area contributed by atoms with Crippen molar-refractivity contribution in [3.63, 3.8) is 0 Å². The highest BCUT2D eigenvalue weighted by molar-refractivity contribution is 5.60. The fraction of sp³-hybridized carbons (Fsp3) is 0.562. The zero-order chi connectivity index (χ0) is 13.8. The predicted octanol–water partition coefficient (Wildman–Crippen LogP) is 2.83. The molecule has 102 valence electrons.